The lowest BCUT2D eigenvalue weighted by Crippen LogP contribution is -2.30. The summed E-state index contributed by atoms with van der Waals surface area (Å²) >= 11 is 0. The Hall–Kier alpha value is -1.39. The molecule has 4 heteroatoms. The van der Waals surface area contributed by atoms with Gasteiger partial charge in [-0.1, -0.05) is 12.1 Å². The Labute approximate surface area is 114 Å². The highest BCUT2D eigenvalue weighted by Crippen LogP contribution is 2.21. The topological polar surface area (TPSA) is 49.8 Å². The van der Waals surface area contributed by atoms with E-state index < -0.39 is 0 Å². The number of carbonyl (C=O) groups excluding carboxylic acids is 1. The molecule has 1 N–H and O–H groups in total. The molecule has 104 valence electrons. The predicted octanol–water partition coefficient (Wildman–Crippen LogP) is 1.68. The summed E-state index contributed by atoms with van der Waals surface area (Å²) in [7, 11) is 1.64. The summed E-state index contributed by atoms with van der Waals surface area (Å²) in [6.45, 7) is 3.67. The van der Waals surface area contributed by atoms with Gasteiger partial charge in [0.2, 0.25) is 0 Å². The van der Waals surface area contributed by atoms with Gasteiger partial charge in [0.15, 0.2) is 0 Å². The summed E-state index contributed by atoms with van der Waals surface area (Å²) in [6.07, 6.45) is 0.527. The molecule has 1 aromatic carbocycles. The highest BCUT2D eigenvalue weighted by Gasteiger charge is 2.29. The van der Waals surface area contributed by atoms with Crippen molar-refractivity contribution in [1.29, 1.82) is 0 Å². The van der Waals surface area contributed by atoms with E-state index in [1.807, 2.05) is 29.2 Å². The maximum Gasteiger partial charge on any atom is 0.253 e. The second-order valence-electron chi connectivity index (χ2n) is 5.17. The summed E-state index contributed by atoms with van der Waals surface area (Å²) < 4.78 is 5.08. The first-order valence-electron chi connectivity index (χ1n) is 6.67. The molecule has 2 rings (SSSR count). The van der Waals surface area contributed by atoms with Crippen LogP contribution in [0.25, 0.3) is 0 Å². The quantitative estimate of drug-likeness (QED) is 0.899. The summed E-state index contributed by atoms with van der Waals surface area (Å²) in [6, 6.07) is 7.53. The zero-order chi connectivity index (χ0) is 13.8. The van der Waals surface area contributed by atoms with E-state index in [9.17, 15) is 9.90 Å². The fourth-order valence-electron chi connectivity index (χ4n) is 2.51. The fourth-order valence-corrected chi connectivity index (χ4v) is 2.51. The van der Waals surface area contributed by atoms with Crippen LogP contribution in [0.1, 0.15) is 29.3 Å². The number of methoxy groups -OCH3 is 1. The largest absolute Gasteiger partial charge is 0.393 e. The van der Waals surface area contributed by atoms with Crippen LogP contribution in [-0.4, -0.2) is 42.2 Å². The van der Waals surface area contributed by atoms with E-state index in [1.54, 1.807) is 14.0 Å². The molecule has 0 radical (unpaired) electrons. The number of benzene rings is 1. The second-order valence-corrected chi connectivity index (χ2v) is 5.17. The molecule has 1 fully saturated rings. The van der Waals surface area contributed by atoms with E-state index in [4.69, 9.17) is 4.74 Å². The van der Waals surface area contributed by atoms with Crippen LogP contribution >= 0.6 is 0 Å². The molecule has 19 heavy (non-hydrogen) atoms. The van der Waals surface area contributed by atoms with E-state index in [-0.39, 0.29) is 17.9 Å². The third kappa shape index (κ3) is 3.33. The van der Waals surface area contributed by atoms with Crippen molar-refractivity contribution in [2.45, 2.75) is 26.1 Å². The van der Waals surface area contributed by atoms with Crippen LogP contribution in [0.2, 0.25) is 0 Å². The second kappa shape index (κ2) is 6.17. The number of hydrogen-bond donors (Lipinski definition) is 1. The number of rotatable bonds is 4. The van der Waals surface area contributed by atoms with Crippen LogP contribution in [0.5, 0.6) is 0 Å². The molecule has 0 spiro atoms. The molecule has 1 amide bonds. The van der Waals surface area contributed by atoms with Crippen molar-refractivity contribution >= 4 is 5.91 Å². The maximum atomic E-state index is 12.4. The van der Waals surface area contributed by atoms with E-state index in [1.165, 1.54) is 0 Å². The first-order chi connectivity index (χ1) is 9.11. The summed E-state index contributed by atoms with van der Waals surface area (Å²) in [5, 5.41) is 9.58. The lowest BCUT2D eigenvalue weighted by Gasteiger charge is -2.18. The van der Waals surface area contributed by atoms with Crippen LogP contribution in [-0.2, 0) is 11.3 Å². The highest BCUT2D eigenvalue weighted by atomic mass is 16.5. The summed E-state index contributed by atoms with van der Waals surface area (Å²) in [4.78, 5) is 14.2. The first-order valence-corrected chi connectivity index (χ1v) is 6.67. The summed E-state index contributed by atoms with van der Waals surface area (Å²) in [5.41, 5.74) is 1.69. The minimum Gasteiger partial charge on any atom is -0.393 e. The number of aliphatic hydroxyl groups excluding tert-OH is 1. The Morgan fingerprint density at radius 2 is 2.37 bits per heavy atom. The van der Waals surface area contributed by atoms with Gasteiger partial charge in [0.1, 0.15) is 0 Å². The third-order valence-electron chi connectivity index (χ3n) is 3.68. The molecule has 4 nitrogen and oxygen atoms in total. The van der Waals surface area contributed by atoms with Crippen LogP contribution < -0.4 is 0 Å². The SMILES string of the molecule is COCc1cccc(C(=O)N2CCC(C(C)O)C2)c1. The molecule has 0 aliphatic carbocycles. The Kier molecular flexibility index (Phi) is 4.56. The Bertz CT molecular complexity index is 445. The monoisotopic (exact) mass is 263 g/mol. The van der Waals surface area contributed by atoms with Gasteiger partial charge in [0.05, 0.1) is 12.7 Å². The van der Waals surface area contributed by atoms with Gasteiger partial charge in [-0.3, -0.25) is 4.79 Å². The van der Waals surface area contributed by atoms with Gasteiger partial charge in [-0.2, -0.15) is 0 Å². The number of hydrogen-bond acceptors (Lipinski definition) is 3. The van der Waals surface area contributed by atoms with Crippen LogP contribution in [0.15, 0.2) is 24.3 Å². The van der Waals surface area contributed by atoms with E-state index >= 15 is 0 Å². The number of aliphatic hydroxyl groups is 1. The number of ether oxygens (including phenoxy) is 1. The highest BCUT2D eigenvalue weighted by molar-refractivity contribution is 5.94. The van der Waals surface area contributed by atoms with E-state index in [0.717, 1.165) is 18.5 Å². The molecule has 1 aliphatic heterocycles. The minimum absolute atomic E-state index is 0.0427. The average Bonchev–Trinajstić information content (AvgIpc) is 2.88. The molecule has 1 aliphatic rings. The molecule has 1 aromatic rings. The number of amides is 1. The van der Waals surface area contributed by atoms with Crippen molar-refractivity contribution < 1.29 is 14.6 Å². The van der Waals surface area contributed by atoms with Crippen LogP contribution in [0, 0.1) is 5.92 Å². The Balaban J connectivity index is 2.06. The van der Waals surface area contributed by atoms with E-state index in [0.29, 0.717) is 18.7 Å². The molecule has 2 atom stereocenters. The van der Waals surface area contributed by atoms with Gasteiger partial charge in [-0.25, -0.2) is 0 Å². The Morgan fingerprint density at radius 1 is 1.58 bits per heavy atom. The van der Waals surface area contributed by atoms with Crippen molar-refractivity contribution in [3.05, 3.63) is 35.4 Å². The maximum absolute atomic E-state index is 12.4. The molecule has 0 saturated carbocycles. The molecule has 1 saturated heterocycles. The van der Waals surface area contributed by atoms with Gasteiger partial charge in [0.25, 0.3) is 5.91 Å². The van der Waals surface area contributed by atoms with Crippen LogP contribution in [0.4, 0.5) is 0 Å². The van der Waals surface area contributed by atoms with Crippen molar-refractivity contribution in [2.75, 3.05) is 20.2 Å². The average molecular weight is 263 g/mol. The lowest BCUT2D eigenvalue weighted by atomic mass is 10.0. The molecule has 0 aromatic heterocycles. The van der Waals surface area contributed by atoms with Gasteiger partial charge in [-0.15, -0.1) is 0 Å². The van der Waals surface area contributed by atoms with Gasteiger partial charge < -0.3 is 14.7 Å². The van der Waals surface area contributed by atoms with Crippen molar-refractivity contribution in [3.8, 4) is 0 Å². The zero-order valence-corrected chi connectivity index (χ0v) is 11.5. The Morgan fingerprint density at radius 3 is 3.00 bits per heavy atom. The normalized spacial score (nSPS) is 20.6. The number of likely N-dealkylation sites (tertiary alicyclic amines) is 1. The van der Waals surface area contributed by atoms with Gasteiger partial charge in [-0.05, 0) is 31.0 Å². The smallest absolute Gasteiger partial charge is 0.253 e. The standard InChI is InChI=1S/C15H21NO3/c1-11(17)14-6-7-16(9-14)15(18)13-5-3-4-12(8-13)10-19-2/h3-5,8,11,14,17H,6-7,9-10H2,1-2H3. The minimum atomic E-state index is -0.349. The van der Waals surface area contributed by atoms with Crippen molar-refractivity contribution in [2.24, 2.45) is 5.92 Å². The summed E-state index contributed by atoms with van der Waals surface area (Å²) in [5.74, 6) is 0.243. The van der Waals surface area contributed by atoms with Gasteiger partial charge in [0, 0.05) is 31.7 Å². The lowest BCUT2D eigenvalue weighted by molar-refractivity contribution is 0.0762. The number of nitrogens with zero attached hydrogens (tertiary/aromatic N) is 1. The zero-order valence-electron chi connectivity index (χ0n) is 11.5. The van der Waals surface area contributed by atoms with Crippen LogP contribution in [0.3, 0.4) is 0 Å². The van der Waals surface area contributed by atoms with E-state index in [2.05, 4.69) is 0 Å². The third-order valence-corrected chi connectivity index (χ3v) is 3.68. The van der Waals surface area contributed by atoms with Gasteiger partial charge >= 0.3 is 0 Å². The fraction of sp³-hybridized carbons (Fsp3) is 0.533. The molecule has 0 bridgehead atoms. The van der Waals surface area contributed by atoms with Crippen molar-refractivity contribution in [3.63, 3.8) is 0 Å². The molecular formula is C15H21NO3. The molecule has 1 heterocycles. The number of carbonyl (C=O) groups is 1. The predicted molar refractivity (Wildman–Crippen MR) is 72.8 cm³/mol. The van der Waals surface area contributed by atoms with Crippen molar-refractivity contribution in [1.82, 2.24) is 4.90 Å². The molecular weight excluding hydrogens is 242 g/mol. The molecule has 2 unspecified atom stereocenters. The first kappa shape index (κ1) is 14.0.